The molecule has 3 N–H and O–H groups in total. The maximum Gasteiger partial charge on any atom is 0.274 e. The maximum atomic E-state index is 13.9. The van der Waals surface area contributed by atoms with Crippen molar-refractivity contribution in [3.05, 3.63) is 83.4 Å². The van der Waals surface area contributed by atoms with Crippen LogP contribution in [-0.4, -0.2) is 26.8 Å². The van der Waals surface area contributed by atoms with E-state index in [1.807, 2.05) is 30.3 Å². The lowest BCUT2D eigenvalue weighted by atomic mass is 10.1. The van der Waals surface area contributed by atoms with E-state index in [2.05, 4.69) is 15.6 Å². The minimum atomic E-state index is -1.30. The molecule has 0 fully saturated rings. The van der Waals surface area contributed by atoms with Crippen LogP contribution in [0.5, 0.6) is 0 Å². The molecule has 1 unspecified atom stereocenters. The lowest BCUT2D eigenvalue weighted by Gasteiger charge is -2.15. The zero-order chi connectivity index (χ0) is 18.5. The topological polar surface area (TPSA) is 103 Å². The number of hydrogen-bond acceptors (Lipinski definition) is 4. The molecule has 1 atom stereocenters. The van der Waals surface area contributed by atoms with Gasteiger partial charge in [0.15, 0.2) is 5.69 Å². The molecule has 1 heterocycles. The molecule has 1 aromatic heterocycles. The fourth-order valence-corrected chi connectivity index (χ4v) is 2.47. The van der Waals surface area contributed by atoms with Crippen molar-refractivity contribution in [3.63, 3.8) is 0 Å². The SMILES string of the molecule is NC(=O)C(NC(=O)c1cn(Cc2ccccc2)nn1)c1ccccc1F. The third-order valence-electron chi connectivity index (χ3n) is 3.73. The van der Waals surface area contributed by atoms with Gasteiger partial charge in [0.2, 0.25) is 5.91 Å². The summed E-state index contributed by atoms with van der Waals surface area (Å²) >= 11 is 0. The Morgan fingerprint density at radius 3 is 2.50 bits per heavy atom. The van der Waals surface area contributed by atoms with Gasteiger partial charge in [0, 0.05) is 5.56 Å². The number of rotatable bonds is 6. The normalized spacial score (nSPS) is 11.7. The first-order valence-electron chi connectivity index (χ1n) is 7.83. The van der Waals surface area contributed by atoms with Crippen LogP contribution >= 0.6 is 0 Å². The Balaban J connectivity index is 1.74. The summed E-state index contributed by atoms with van der Waals surface area (Å²) in [6.45, 7) is 0.438. The predicted molar refractivity (Wildman–Crippen MR) is 91.4 cm³/mol. The molecule has 26 heavy (non-hydrogen) atoms. The largest absolute Gasteiger partial charge is 0.368 e. The first kappa shape index (κ1) is 17.3. The standard InChI is InChI=1S/C18H16FN5O2/c19-14-9-5-4-8-13(14)16(17(20)25)21-18(26)15-11-24(23-22-15)10-12-6-2-1-3-7-12/h1-9,11,16H,10H2,(H2,20,25)(H,21,26). The van der Waals surface area contributed by atoms with Gasteiger partial charge in [-0.25, -0.2) is 9.07 Å². The lowest BCUT2D eigenvalue weighted by molar-refractivity contribution is -0.120. The molecule has 0 aliphatic heterocycles. The van der Waals surface area contributed by atoms with Crippen molar-refractivity contribution < 1.29 is 14.0 Å². The highest BCUT2D eigenvalue weighted by Gasteiger charge is 2.24. The number of hydrogen-bond donors (Lipinski definition) is 2. The number of nitrogens with two attached hydrogens (primary N) is 1. The molecule has 0 aliphatic rings. The molecule has 3 rings (SSSR count). The van der Waals surface area contributed by atoms with E-state index in [-0.39, 0.29) is 11.3 Å². The number of halogens is 1. The molecule has 2 amide bonds. The molecule has 0 saturated heterocycles. The Kier molecular flexibility index (Phi) is 5.02. The van der Waals surface area contributed by atoms with Crippen LogP contribution in [0.3, 0.4) is 0 Å². The van der Waals surface area contributed by atoms with Crippen LogP contribution in [0.25, 0.3) is 0 Å². The highest BCUT2D eigenvalue weighted by Crippen LogP contribution is 2.17. The quantitative estimate of drug-likeness (QED) is 0.699. The van der Waals surface area contributed by atoms with Gasteiger partial charge >= 0.3 is 0 Å². The van der Waals surface area contributed by atoms with Crippen LogP contribution in [-0.2, 0) is 11.3 Å². The number of benzene rings is 2. The highest BCUT2D eigenvalue weighted by atomic mass is 19.1. The van der Waals surface area contributed by atoms with Gasteiger partial charge in [0.25, 0.3) is 5.91 Å². The summed E-state index contributed by atoms with van der Waals surface area (Å²) in [5.41, 5.74) is 6.30. The van der Waals surface area contributed by atoms with Gasteiger partial charge in [0.05, 0.1) is 12.7 Å². The van der Waals surface area contributed by atoms with Gasteiger partial charge in [-0.3, -0.25) is 9.59 Å². The Bertz CT molecular complexity index is 926. The van der Waals surface area contributed by atoms with Crippen molar-refractivity contribution in [1.82, 2.24) is 20.3 Å². The number of nitrogens with one attached hydrogen (secondary N) is 1. The number of primary amides is 1. The third-order valence-corrected chi connectivity index (χ3v) is 3.73. The molecule has 8 heteroatoms. The van der Waals surface area contributed by atoms with Gasteiger partial charge in [0.1, 0.15) is 11.9 Å². The number of aromatic nitrogens is 3. The van der Waals surface area contributed by atoms with Crippen molar-refractivity contribution in [1.29, 1.82) is 0 Å². The second kappa shape index (κ2) is 7.56. The first-order valence-corrected chi connectivity index (χ1v) is 7.83. The molecule has 2 aromatic carbocycles. The van der Waals surface area contributed by atoms with Crippen LogP contribution in [0.15, 0.2) is 60.8 Å². The molecular formula is C18H16FN5O2. The fourth-order valence-electron chi connectivity index (χ4n) is 2.47. The van der Waals surface area contributed by atoms with E-state index in [9.17, 15) is 14.0 Å². The molecule has 0 spiro atoms. The van der Waals surface area contributed by atoms with Crippen molar-refractivity contribution >= 4 is 11.8 Å². The van der Waals surface area contributed by atoms with Crippen molar-refractivity contribution in [2.75, 3.05) is 0 Å². The van der Waals surface area contributed by atoms with Crippen molar-refractivity contribution in [3.8, 4) is 0 Å². The lowest BCUT2D eigenvalue weighted by Crippen LogP contribution is -2.38. The number of amides is 2. The van der Waals surface area contributed by atoms with Crippen molar-refractivity contribution in [2.24, 2.45) is 5.73 Å². The maximum absolute atomic E-state index is 13.9. The average molecular weight is 353 g/mol. The first-order chi connectivity index (χ1) is 12.5. The van der Waals surface area contributed by atoms with Gasteiger partial charge < -0.3 is 11.1 Å². The molecule has 132 valence electrons. The minimum Gasteiger partial charge on any atom is -0.368 e. The second-order valence-electron chi connectivity index (χ2n) is 5.62. The Morgan fingerprint density at radius 1 is 1.12 bits per heavy atom. The summed E-state index contributed by atoms with van der Waals surface area (Å²) in [6, 6.07) is 13.8. The van der Waals surface area contributed by atoms with E-state index in [0.717, 1.165) is 5.56 Å². The zero-order valence-electron chi connectivity index (χ0n) is 13.7. The van der Waals surface area contributed by atoms with E-state index >= 15 is 0 Å². The smallest absolute Gasteiger partial charge is 0.274 e. The highest BCUT2D eigenvalue weighted by molar-refractivity contribution is 5.95. The van der Waals surface area contributed by atoms with E-state index < -0.39 is 23.7 Å². The van der Waals surface area contributed by atoms with E-state index in [4.69, 9.17) is 5.73 Å². The molecule has 0 bridgehead atoms. The monoisotopic (exact) mass is 353 g/mol. The Labute approximate surface area is 148 Å². The Morgan fingerprint density at radius 2 is 1.81 bits per heavy atom. The predicted octanol–water partition coefficient (Wildman–Crippen LogP) is 1.42. The summed E-state index contributed by atoms with van der Waals surface area (Å²) in [5.74, 6) is -2.18. The summed E-state index contributed by atoms with van der Waals surface area (Å²) in [7, 11) is 0. The van der Waals surface area contributed by atoms with Crippen LogP contribution in [0.2, 0.25) is 0 Å². The van der Waals surface area contributed by atoms with Gasteiger partial charge in [-0.05, 0) is 11.6 Å². The van der Waals surface area contributed by atoms with Crippen LogP contribution in [0.4, 0.5) is 4.39 Å². The molecule has 0 radical (unpaired) electrons. The molecule has 0 saturated carbocycles. The van der Waals surface area contributed by atoms with E-state index in [1.54, 1.807) is 6.07 Å². The second-order valence-corrected chi connectivity index (χ2v) is 5.62. The van der Waals surface area contributed by atoms with Gasteiger partial charge in [-0.15, -0.1) is 5.10 Å². The minimum absolute atomic E-state index is 0.00326. The van der Waals surface area contributed by atoms with Crippen LogP contribution in [0.1, 0.15) is 27.7 Å². The van der Waals surface area contributed by atoms with Crippen LogP contribution < -0.4 is 11.1 Å². The van der Waals surface area contributed by atoms with E-state index in [1.165, 1.54) is 29.1 Å². The summed E-state index contributed by atoms with van der Waals surface area (Å²) < 4.78 is 15.4. The van der Waals surface area contributed by atoms with Gasteiger partial charge in [-0.1, -0.05) is 53.7 Å². The van der Waals surface area contributed by atoms with Crippen molar-refractivity contribution in [2.45, 2.75) is 12.6 Å². The summed E-state index contributed by atoms with van der Waals surface area (Å²) in [6.07, 6.45) is 1.45. The summed E-state index contributed by atoms with van der Waals surface area (Å²) in [5, 5.41) is 10.1. The van der Waals surface area contributed by atoms with Crippen LogP contribution in [0, 0.1) is 5.82 Å². The molecule has 0 aliphatic carbocycles. The zero-order valence-corrected chi connectivity index (χ0v) is 13.7. The Hall–Kier alpha value is -3.55. The number of carbonyl (C=O) groups is 2. The number of carbonyl (C=O) groups excluding carboxylic acids is 2. The average Bonchev–Trinajstić information content (AvgIpc) is 3.09. The molecule has 7 nitrogen and oxygen atoms in total. The fraction of sp³-hybridized carbons (Fsp3) is 0.111. The summed E-state index contributed by atoms with van der Waals surface area (Å²) in [4.78, 5) is 24.0. The van der Waals surface area contributed by atoms with Gasteiger partial charge in [-0.2, -0.15) is 0 Å². The molecular weight excluding hydrogens is 337 g/mol. The number of nitrogens with zero attached hydrogens (tertiary/aromatic N) is 3. The third kappa shape index (κ3) is 3.92. The molecule has 3 aromatic rings. The van der Waals surface area contributed by atoms with E-state index in [0.29, 0.717) is 6.54 Å².